The molecule has 1 aliphatic heterocycles. The number of aryl methyl sites for hydroxylation is 1. The summed E-state index contributed by atoms with van der Waals surface area (Å²) in [4.78, 5) is 22.0. The summed E-state index contributed by atoms with van der Waals surface area (Å²) in [5, 5.41) is 1.94. The van der Waals surface area contributed by atoms with Gasteiger partial charge in [-0.2, -0.15) is 4.31 Å². The number of hydrogen-bond donors (Lipinski definition) is 1. The summed E-state index contributed by atoms with van der Waals surface area (Å²) < 4.78 is 26.6. The van der Waals surface area contributed by atoms with Gasteiger partial charge in [-0.1, -0.05) is 48.2 Å². The topological polar surface area (TPSA) is 86.4 Å². The molecule has 162 valence electrons. The van der Waals surface area contributed by atoms with Crippen molar-refractivity contribution in [1.82, 2.24) is 19.2 Å². The molecular formula is C22H24N4O3S2. The molecule has 0 spiro atoms. The van der Waals surface area contributed by atoms with E-state index in [1.165, 1.54) is 21.5 Å². The molecule has 9 heteroatoms. The third-order valence-corrected chi connectivity index (χ3v) is 7.55. The predicted molar refractivity (Wildman–Crippen MR) is 124 cm³/mol. The Morgan fingerprint density at radius 2 is 1.87 bits per heavy atom. The van der Waals surface area contributed by atoms with Gasteiger partial charge in [0.25, 0.3) is 0 Å². The highest BCUT2D eigenvalue weighted by atomic mass is 32.2. The molecule has 1 aliphatic rings. The number of amides is 1. The van der Waals surface area contributed by atoms with Crippen molar-refractivity contribution < 1.29 is 13.2 Å². The van der Waals surface area contributed by atoms with Crippen molar-refractivity contribution in [3.8, 4) is 0 Å². The van der Waals surface area contributed by atoms with Crippen LogP contribution in [-0.4, -0.2) is 65.4 Å². The molecule has 0 atom stereocenters. The molecule has 1 aromatic heterocycles. The largest absolute Gasteiger partial charge is 0.339 e. The Bertz CT molecular complexity index is 1200. The van der Waals surface area contributed by atoms with Crippen LogP contribution in [0.2, 0.25) is 0 Å². The monoisotopic (exact) mass is 456 g/mol. The summed E-state index contributed by atoms with van der Waals surface area (Å²) in [7, 11) is -3.51. The lowest BCUT2D eigenvalue weighted by Gasteiger charge is -2.33. The lowest BCUT2D eigenvalue weighted by Crippen LogP contribution is -2.50. The summed E-state index contributed by atoms with van der Waals surface area (Å²) in [5.74, 6) is 0.248. The van der Waals surface area contributed by atoms with E-state index < -0.39 is 10.0 Å². The number of hydrogen-bond acceptors (Lipinski definition) is 5. The van der Waals surface area contributed by atoms with Crippen molar-refractivity contribution in [1.29, 1.82) is 0 Å². The number of fused-ring (bicyclic) bond motifs is 1. The number of imidazole rings is 1. The van der Waals surface area contributed by atoms with Gasteiger partial charge in [-0.3, -0.25) is 4.79 Å². The number of rotatable bonds is 6. The van der Waals surface area contributed by atoms with E-state index in [0.29, 0.717) is 31.3 Å². The summed E-state index contributed by atoms with van der Waals surface area (Å²) in [6.45, 7) is 3.38. The highest BCUT2D eigenvalue weighted by molar-refractivity contribution is 7.99. The Hall–Kier alpha value is -2.62. The first-order valence-electron chi connectivity index (χ1n) is 10.0. The Labute approximate surface area is 186 Å². The normalized spacial score (nSPS) is 15.7. The number of carbonyl (C=O) groups excluding carboxylic acids is 1. The first-order valence-corrected chi connectivity index (χ1v) is 12.5. The third kappa shape index (κ3) is 5.36. The quantitative estimate of drug-likeness (QED) is 0.576. The number of thioether (sulfide) groups is 1. The van der Waals surface area contributed by atoms with Crippen LogP contribution in [0.4, 0.5) is 0 Å². The van der Waals surface area contributed by atoms with E-state index in [1.807, 2.05) is 55.5 Å². The van der Waals surface area contributed by atoms with Gasteiger partial charge in [0, 0.05) is 31.6 Å². The van der Waals surface area contributed by atoms with E-state index in [4.69, 9.17) is 0 Å². The van der Waals surface area contributed by atoms with E-state index in [9.17, 15) is 13.2 Å². The number of carbonyl (C=O) groups is 1. The molecule has 4 rings (SSSR count). The third-order valence-electron chi connectivity index (χ3n) is 5.13. The molecule has 0 aliphatic carbocycles. The summed E-state index contributed by atoms with van der Waals surface area (Å²) >= 11 is 1.36. The fourth-order valence-electron chi connectivity index (χ4n) is 3.40. The first-order chi connectivity index (χ1) is 14.9. The van der Waals surface area contributed by atoms with Gasteiger partial charge in [0.15, 0.2) is 5.16 Å². The molecule has 2 aromatic carbocycles. The van der Waals surface area contributed by atoms with Crippen molar-refractivity contribution in [3.63, 3.8) is 0 Å². The van der Waals surface area contributed by atoms with Crippen LogP contribution < -0.4 is 0 Å². The number of aromatic nitrogens is 2. The van der Waals surface area contributed by atoms with Crippen molar-refractivity contribution >= 4 is 44.8 Å². The molecule has 0 unspecified atom stereocenters. The zero-order chi connectivity index (χ0) is 21.8. The maximum Gasteiger partial charge on any atom is 0.236 e. The van der Waals surface area contributed by atoms with Gasteiger partial charge in [0.05, 0.1) is 16.8 Å². The van der Waals surface area contributed by atoms with Crippen LogP contribution in [0.25, 0.3) is 17.1 Å². The van der Waals surface area contributed by atoms with Gasteiger partial charge in [-0.25, -0.2) is 13.4 Å². The number of nitrogens with one attached hydrogen (secondary N) is 1. The minimum Gasteiger partial charge on any atom is -0.339 e. The fourth-order valence-corrected chi connectivity index (χ4v) is 5.36. The Morgan fingerprint density at radius 3 is 2.61 bits per heavy atom. The number of benzene rings is 2. The van der Waals surface area contributed by atoms with Crippen molar-refractivity contribution in [2.24, 2.45) is 0 Å². The molecule has 2 heterocycles. The smallest absolute Gasteiger partial charge is 0.236 e. The zero-order valence-electron chi connectivity index (χ0n) is 17.2. The van der Waals surface area contributed by atoms with Gasteiger partial charge in [0.1, 0.15) is 0 Å². The molecule has 1 saturated heterocycles. The van der Waals surface area contributed by atoms with Gasteiger partial charge >= 0.3 is 0 Å². The molecular weight excluding hydrogens is 432 g/mol. The second-order valence-electron chi connectivity index (χ2n) is 7.39. The average Bonchev–Trinajstić information content (AvgIpc) is 3.19. The van der Waals surface area contributed by atoms with E-state index in [2.05, 4.69) is 9.97 Å². The molecule has 0 radical (unpaired) electrons. The van der Waals surface area contributed by atoms with Crippen LogP contribution in [0.1, 0.15) is 11.1 Å². The van der Waals surface area contributed by atoms with Gasteiger partial charge in [-0.15, -0.1) is 0 Å². The first kappa shape index (κ1) is 21.6. The highest BCUT2D eigenvalue weighted by Gasteiger charge is 2.27. The van der Waals surface area contributed by atoms with Crippen LogP contribution >= 0.6 is 11.8 Å². The second kappa shape index (κ2) is 9.25. The Balaban J connectivity index is 1.29. The highest BCUT2D eigenvalue weighted by Crippen LogP contribution is 2.21. The zero-order valence-corrected chi connectivity index (χ0v) is 18.8. The predicted octanol–water partition coefficient (Wildman–Crippen LogP) is 3.11. The van der Waals surface area contributed by atoms with E-state index in [0.717, 1.165) is 22.2 Å². The van der Waals surface area contributed by atoms with Crippen LogP contribution in [0.5, 0.6) is 0 Å². The number of piperazine rings is 1. The van der Waals surface area contributed by atoms with Crippen molar-refractivity contribution in [2.45, 2.75) is 12.1 Å². The fraction of sp³-hybridized carbons (Fsp3) is 0.273. The Morgan fingerprint density at radius 1 is 1.13 bits per heavy atom. The molecule has 7 nitrogen and oxygen atoms in total. The number of nitrogens with zero attached hydrogens (tertiary/aromatic N) is 3. The van der Waals surface area contributed by atoms with Crippen LogP contribution in [-0.2, 0) is 14.8 Å². The van der Waals surface area contributed by atoms with Crippen molar-refractivity contribution in [2.75, 3.05) is 31.9 Å². The maximum atomic E-state index is 12.6. The lowest BCUT2D eigenvalue weighted by atomic mass is 10.2. The van der Waals surface area contributed by atoms with E-state index >= 15 is 0 Å². The van der Waals surface area contributed by atoms with Gasteiger partial charge in [0.2, 0.25) is 15.9 Å². The standard InChI is InChI=1S/C22H24N4O3S2/c1-17-7-8-19-20(15-17)24-22(23-19)30-16-21(27)25-10-12-26(13-11-25)31(28,29)14-9-18-5-3-2-4-6-18/h2-9,14-15H,10-13,16H2,1H3,(H,23,24)/b14-9+. The van der Waals surface area contributed by atoms with Crippen LogP contribution in [0.15, 0.2) is 59.1 Å². The van der Waals surface area contributed by atoms with Gasteiger partial charge in [-0.05, 0) is 36.3 Å². The molecule has 31 heavy (non-hydrogen) atoms. The maximum absolute atomic E-state index is 12.6. The number of H-pyrrole nitrogens is 1. The SMILES string of the molecule is Cc1ccc2nc(SCC(=O)N3CCN(S(=O)(=O)/C=C/c4ccccc4)CC3)[nH]c2c1. The number of aromatic amines is 1. The average molecular weight is 457 g/mol. The van der Waals surface area contributed by atoms with Crippen LogP contribution in [0.3, 0.4) is 0 Å². The Kier molecular flexibility index (Phi) is 6.45. The molecule has 1 fully saturated rings. The molecule has 1 amide bonds. The summed E-state index contributed by atoms with van der Waals surface area (Å²) in [5.41, 5.74) is 3.81. The minimum atomic E-state index is -3.51. The van der Waals surface area contributed by atoms with Crippen molar-refractivity contribution in [3.05, 3.63) is 65.1 Å². The van der Waals surface area contributed by atoms with E-state index in [-0.39, 0.29) is 11.7 Å². The van der Waals surface area contributed by atoms with Gasteiger partial charge < -0.3 is 9.88 Å². The molecule has 0 saturated carbocycles. The summed E-state index contributed by atoms with van der Waals surface area (Å²) in [6, 6.07) is 15.3. The molecule has 0 bridgehead atoms. The summed E-state index contributed by atoms with van der Waals surface area (Å²) in [6.07, 6.45) is 1.60. The molecule has 3 aromatic rings. The lowest BCUT2D eigenvalue weighted by molar-refractivity contribution is -0.129. The minimum absolute atomic E-state index is 0.0153. The number of sulfonamides is 1. The van der Waals surface area contributed by atoms with E-state index in [1.54, 1.807) is 11.0 Å². The molecule has 1 N–H and O–H groups in total. The second-order valence-corrected chi connectivity index (χ2v) is 10.2. The van der Waals surface area contributed by atoms with Crippen LogP contribution in [0, 0.1) is 6.92 Å².